The smallest absolute Gasteiger partial charge is 0.416 e. The number of ether oxygens (including phenoxy) is 1. The van der Waals surface area contributed by atoms with Crippen molar-refractivity contribution in [3.8, 4) is 0 Å². The largest absolute Gasteiger partial charge is 0.748 e. The minimum absolute atomic E-state index is 0.0236. The molecule has 0 aliphatic heterocycles. The lowest BCUT2D eigenvalue weighted by Gasteiger charge is -2.55. The van der Waals surface area contributed by atoms with Gasteiger partial charge in [-0.15, -0.1) is 0 Å². The van der Waals surface area contributed by atoms with Crippen molar-refractivity contribution in [1.82, 2.24) is 0 Å². The molecule has 0 unspecified atom stereocenters. The molecular formula is C55H54F7O13S7+. The van der Waals surface area contributed by atoms with Crippen molar-refractivity contribution in [3.05, 3.63) is 156 Å². The highest BCUT2D eigenvalue weighted by atomic mass is 32.2. The van der Waals surface area contributed by atoms with Gasteiger partial charge in [-0.25, -0.2) is 59.7 Å². The molecule has 6 aromatic carbocycles. The van der Waals surface area contributed by atoms with E-state index in [1.807, 2.05) is 0 Å². The molecular weight excluding hydrogens is 1230 g/mol. The fourth-order valence-electron chi connectivity index (χ4n) is 10.8. The molecule has 6 aromatic rings. The topological polar surface area (TPSA) is 220 Å². The second-order valence-corrected chi connectivity index (χ2v) is 34.0. The lowest BCUT2D eigenvalue weighted by molar-refractivity contribution is -0.170. The molecule has 82 heavy (non-hydrogen) atoms. The Morgan fingerprint density at radius 3 is 1.27 bits per heavy atom. The van der Waals surface area contributed by atoms with Crippen LogP contribution in [0.5, 0.6) is 0 Å². The summed E-state index contributed by atoms with van der Waals surface area (Å²) < 4.78 is 230. The molecule has 0 radical (unpaired) electrons. The molecule has 0 saturated heterocycles. The van der Waals surface area contributed by atoms with E-state index in [4.69, 9.17) is 4.74 Å². The average molecular weight is 1280 g/mol. The number of benzene rings is 6. The van der Waals surface area contributed by atoms with E-state index < -0.39 is 122 Å². The molecule has 0 amide bonds. The van der Waals surface area contributed by atoms with Crippen molar-refractivity contribution >= 4 is 77.2 Å². The second kappa shape index (κ2) is 24.4. The Kier molecular flexibility index (Phi) is 19.1. The number of esters is 1. The first-order chi connectivity index (χ1) is 37.8. The number of carbonyl (C=O) groups is 1. The Hall–Kier alpha value is -5.29. The van der Waals surface area contributed by atoms with Crippen LogP contribution in [0.3, 0.4) is 0 Å². The van der Waals surface area contributed by atoms with E-state index in [0.717, 1.165) is 68.2 Å². The van der Waals surface area contributed by atoms with Crippen LogP contribution >= 0.6 is 0 Å². The van der Waals surface area contributed by atoms with E-state index in [1.54, 1.807) is 55.5 Å². The van der Waals surface area contributed by atoms with E-state index in [-0.39, 0.29) is 37.6 Å². The summed E-state index contributed by atoms with van der Waals surface area (Å²) in [6.07, 6.45) is 5.21. The first-order valence-corrected chi connectivity index (χ1v) is 36.2. The quantitative estimate of drug-likeness (QED) is 0.0429. The molecule has 0 aromatic heterocycles. The molecule has 10 rings (SSSR count). The van der Waals surface area contributed by atoms with Crippen molar-refractivity contribution in [1.29, 1.82) is 0 Å². The third-order valence-electron chi connectivity index (χ3n) is 13.7. The van der Waals surface area contributed by atoms with Crippen LogP contribution in [-0.4, -0.2) is 90.0 Å². The van der Waals surface area contributed by atoms with E-state index >= 15 is 0 Å². The molecule has 0 N–H and O–H groups in total. The molecule has 4 aliphatic rings. The van der Waals surface area contributed by atoms with Crippen LogP contribution in [0.1, 0.15) is 49.7 Å². The summed E-state index contributed by atoms with van der Waals surface area (Å²) >= 11 is 0. The number of alkyl halides is 3. The Bertz CT molecular complexity index is 3770. The van der Waals surface area contributed by atoms with Gasteiger partial charge in [0.25, 0.3) is 0 Å². The van der Waals surface area contributed by atoms with Crippen LogP contribution in [0.2, 0.25) is 0 Å². The third-order valence-corrected chi connectivity index (χ3v) is 23.2. The van der Waals surface area contributed by atoms with Crippen LogP contribution in [0, 0.1) is 53.4 Å². The van der Waals surface area contributed by atoms with Crippen molar-refractivity contribution in [2.75, 3.05) is 37.4 Å². The van der Waals surface area contributed by atoms with Crippen LogP contribution < -0.4 is 0 Å². The summed E-state index contributed by atoms with van der Waals surface area (Å²) in [6, 6.07) is 26.7. The summed E-state index contributed by atoms with van der Waals surface area (Å²) in [5.41, 5.74) is -0.823. The van der Waals surface area contributed by atoms with Gasteiger partial charge in [0, 0.05) is 67.5 Å². The minimum atomic E-state index is -4.57. The minimum Gasteiger partial charge on any atom is -0.748 e. The molecule has 4 aliphatic carbocycles. The molecule has 0 heterocycles. The summed E-state index contributed by atoms with van der Waals surface area (Å²) in [7, 11) is -22.5. The van der Waals surface area contributed by atoms with Gasteiger partial charge in [0.1, 0.15) is 39.7 Å². The zero-order valence-electron chi connectivity index (χ0n) is 44.2. The lowest BCUT2D eigenvalue weighted by atomic mass is 9.49. The van der Waals surface area contributed by atoms with E-state index in [1.165, 1.54) is 55.7 Å². The van der Waals surface area contributed by atoms with Crippen molar-refractivity contribution in [2.24, 2.45) is 23.2 Å². The number of hydrogen-bond donors (Lipinski definition) is 0. The van der Waals surface area contributed by atoms with Gasteiger partial charge in [0.2, 0.25) is 0 Å². The summed E-state index contributed by atoms with van der Waals surface area (Å²) in [5.74, 6) is -4.36. The first kappa shape index (κ1) is 64.3. The second-order valence-electron chi connectivity index (χ2n) is 20.5. The van der Waals surface area contributed by atoms with Gasteiger partial charge in [-0.2, -0.15) is 13.2 Å². The zero-order chi connectivity index (χ0) is 60.7. The maximum absolute atomic E-state index is 14.5. The van der Waals surface area contributed by atoms with Gasteiger partial charge in [0.05, 0.1) is 58.4 Å². The van der Waals surface area contributed by atoms with Gasteiger partial charge in [-0.3, -0.25) is 4.79 Å². The number of carbonyl (C=O) groups excluding carboxylic acids is 1. The zero-order valence-corrected chi connectivity index (χ0v) is 50.0. The predicted octanol–water partition coefficient (Wildman–Crippen LogP) is 10.4. The number of hydrogen-bond acceptors (Lipinski definition) is 13. The van der Waals surface area contributed by atoms with Crippen LogP contribution in [0.25, 0.3) is 0 Å². The lowest BCUT2D eigenvalue weighted by Crippen LogP contribution is -2.50. The molecule has 442 valence electrons. The molecule has 4 bridgehead atoms. The predicted molar refractivity (Wildman–Crippen MR) is 291 cm³/mol. The van der Waals surface area contributed by atoms with E-state index in [0.29, 0.717) is 55.4 Å². The Balaban J connectivity index is 0.000000183. The maximum Gasteiger partial charge on any atom is 0.416 e. The molecule has 27 heteroatoms. The SMILES string of the molecule is CS(=O)(=O)c1c(F)cc([S+](c2ccccc2)c2cc(F)c(S(C)(=O)=O)c(F)c2)cc1F.Cc1cc([S+](c2cccc(S(C)(=O)=O)c2)c2cccc(S(C)(=O)=O)c2)cc(C(F)(F)F)c1.O=C(OCCS(=O)(=O)[O-])C12CC3CC(CC(C3)C1)C2. The Labute approximate surface area is 477 Å². The molecule has 0 spiro atoms. The number of halogens is 7. The average Bonchev–Trinajstić information content (AvgIpc) is 3.17. The van der Waals surface area contributed by atoms with Crippen molar-refractivity contribution in [3.63, 3.8) is 0 Å². The maximum atomic E-state index is 14.5. The van der Waals surface area contributed by atoms with Crippen LogP contribution in [0.4, 0.5) is 30.7 Å². The van der Waals surface area contributed by atoms with Gasteiger partial charge in [-0.05, 0) is 117 Å². The number of aryl methyl sites for hydroxylation is 1. The van der Waals surface area contributed by atoms with E-state index in [9.17, 15) is 82.2 Å². The van der Waals surface area contributed by atoms with Crippen LogP contribution in [0.15, 0.2) is 170 Å². The number of rotatable bonds is 14. The van der Waals surface area contributed by atoms with Gasteiger partial charge >= 0.3 is 12.1 Å². The molecule has 13 nitrogen and oxygen atoms in total. The summed E-state index contributed by atoms with van der Waals surface area (Å²) in [4.78, 5) is 11.5. The van der Waals surface area contributed by atoms with E-state index in [2.05, 4.69) is 0 Å². The fourth-order valence-corrected chi connectivity index (χ4v) is 18.7. The third kappa shape index (κ3) is 15.7. The van der Waals surface area contributed by atoms with Crippen molar-refractivity contribution in [2.45, 2.75) is 101 Å². The standard InChI is InChI=1S/C22H20F3O4S3.C20H15F4O4S3.C13H20O5S/c1-15-10-16(22(23,24)25)12-19(11-15)30(17-6-4-8-20(13-17)31(2,26)27)18-7-5-9-21(14-18)32(3,28)29;1-30(25,26)19-15(21)8-13(9-16(19)22)29(12-6-4-3-5-7-12)14-10-17(23)20(18(24)11-14)31(2,27)28;14-12(18-1-2-19(15,16)17)13-6-9-3-10(7-13)5-11(4-9)8-13/h4-14H,1-3H3;3-11H,1-2H3;9-11H,1-8H2,(H,15,16,17)/q2*+1;/p-1. The first-order valence-electron chi connectivity index (χ1n) is 24.6. The number of sulfone groups is 4. The van der Waals surface area contributed by atoms with Crippen molar-refractivity contribution < 1.29 is 86.9 Å². The summed E-state index contributed by atoms with van der Waals surface area (Å²) in [5, 5.41) is 0. The highest BCUT2D eigenvalue weighted by Gasteiger charge is 2.55. The molecule has 4 fully saturated rings. The highest BCUT2D eigenvalue weighted by Crippen LogP contribution is 2.60. The fraction of sp³-hybridized carbons (Fsp3) is 0.327. The van der Waals surface area contributed by atoms with Gasteiger partial charge in [0.15, 0.2) is 68.7 Å². The molecule has 4 saturated carbocycles. The Morgan fingerprint density at radius 2 is 0.902 bits per heavy atom. The van der Waals surface area contributed by atoms with Gasteiger partial charge in [-0.1, -0.05) is 30.3 Å². The Morgan fingerprint density at radius 1 is 0.524 bits per heavy atom. The normalized spacial score (nSPS) is 19.0. The monoisotopic (exact) mass is 1280 g/mol. The van der Waals surface area contributed by atoms with Gasteiger partial charge < -0.3 is 9.29 Å². The van der Waals surface area contributed by atoms with Crippen LogP contribution in [-0.2, 0) is 87.0 Å². The molecule has 0 atom stereocenters. The summed E-state index contributed by atoms with van der Waals surface area (Å²) in [6.45, 7) is 1.24. The highest BCUT2D eigenvalue weighted by molar-refractivity contribution is 7.97.